The first-order valence-corrected chi connectivity index (χ1v) is 5.72. The third-order valence-corrected chi connectivity index (χ3v) is 2.79. The zero-order valence-corrected chi connectivity index (χ0v) is 9.63. The van der Waals surface area contributed by atoms with Crippen molar-refractivity contribution in [2.24, 2.45) is 5.92 Å². The minimum atomic E-state index is -0.388. The summed E-state index contributed by atoms with van der Waals surface area (Å²) in [7, 11) is 0. The van der Waals surface area contributed by atoms with Gasteiger partial charge in [-0.3, -0.25) is 0 Å². The molecule has 0 radical (unpaired) electrons. The lowest BCUT2D eigenvalue weighted by Crippen LogP contribution is -2.34. The topological polar surface area (TPSA) is 49.8 Å². The van der Waals surface area contributed by atoms with Crippen molar-refractivity contribution in [1.82, 2.24) is 9.97 Å². The van der Waals surface area contributed by atoms with Gasteiger partial charge in [0.25, 0.3) is 0 Å². The summed E-state index contributed by atoms with van der Waals surface area (Å²) < 4.78 is 13.4. The van der Waals surface area contributed by atoms with Crippen molar-refractivity contribution in [1.29, 1.82) is 0 Å². The van der Waals surface area contributed by atoms with E-state index in [0.29, 0.717) is 17.8 Å². The highest BCUT2D eigenvalue weighted by Gasteiger charge is 2.26. The van der Waals surface area contributed by atoms with Gasteiger partial charge in [0.1, 0.15) is 0 Å². The van der Waals surface area contributed by atoms with Gasteiger partial charge in [-0.25, -0.2) is 9.37 Å². The highest BCUT2D eigenvalue weighted by atomic mass is 19.1. The highest BCUT2D eigenvalue weighted by molar-refractivity contribution is 5.42. The molecule has 0 amide bonds. The molecule has 4 nitrogen and oxygen atoms in total. The third-order valence-electron chi connectivity index (χ3n) is 2.79. The van der Waals surface area contributed by atoms with E-state index in [1.54, 1.807) is 0 Å². The Morgan fingerprint density at radius 3 is 2.88 bits per heavy atom. The molecule has 1 aromatic rings. The van der Waals surface area contributed by atoms with E-state index in [9.17, 15) is 4.39 Å². The van der Waals surface area contributed by atoms with E-state index in [0.717, 1.165) is 25.3 Å². The predicted molar refractivity (Wildman–Crippen MR) is 62.0 cm³/mol. The van der Waals surface area contributed by atoms with Gasteiger partial charge in [0.15, 0.2) is 11.6 Å². The van der Waals surface area contributed by atoms with Gasteiger partial charge < -0.3 is 10.6 Å². The van der Waals surface area contributed by atoms with E-state index >= 15 is 0 Å². The number of hydrogen-bond donors (Lipinski definition) is 2. The number of nitrogens with zero attached hydrogens (tertiary/aromatic N) is 2. The average molecular weight is 224 g/mol. The Hall–Kier alpha value is -1.39. The quantitative estimate of drug-likeness (QED) is 0.823. The van der Waals surface area contributed by atoms with Crippen molar-refractivity contribution in [3.63, 3.8) is 0 Å². The molecule has 88 valence electrons. The molecule has 1 fully saturated rings. The summed E-state index contributed by atoms with van der Waals surface area (Å²) in [5.74, 6) is 1.12. The van der Waals surface area contributed by atoms with Crippen LogP contribution in [-0.2, 0) is 0 Å². The van der Waals surface area contributed by atoms with Crippen molar-refractivity contribution in [2.45, 2.75) is 32.7 Å². The van der Waals surface area contributed by atoms with Crippen LogP contribution in [0.4, 0.5) is 16.2 Å². The first kappa shape index (κ1) is 11.1. The molecule has 2 N–H and O–H groups in total. The molecule has 0 aromatic carbocycles. The van der Waals surface area contributed by atoms with Gasteiger partial charge in [0.2, 0.25) is 5.95 Å². The Balaban J connectivity index is 2.03. The summed E-state index contributed by atoms with van der Waals surface area (Å²) in [6.45, 7) is 4.87. The minimum Gasteiger partial charge on any atom is -0.365 e. The molecule has 0 saturated heterocycles. The number of anilines is 2. The molecule has 1 aliphatic rings. The van der Waals surface area contributed by atoms with E-state index in [4.69, 9.17) is 0 Å². The zero-order chi connectivity index (χ0) is 11.5. The van der Waals surface area contributed by atoms with E-state index in [-0.39, 0.29) is 5.82 Å². The fraction of sp³-hybridized carbons (Fsp3) is 0.636. The van der Waals surface area contributed by atoms with Crippen LogP contribution in [0, 0.1) is 11.7 Å². The summed E-state index contributed by atoms with van der Waals surface area (Å²) in [6.07, 6.45) is 3.37. The Morgan fingerprint density at radius 2 is 2.25 bits per heavy atom. The predicted octanol–water partition coefficient (Wildman–Crippen LogP) is 2.26. The molecule has 2 rings (SSSR count). The number of aromatic nitrogens is 2. The fourth-order valence-electron chi connectivity index (χ4n) is 1.93. The Morgan fingerprint density at radius 1 is 1.50 bits per heavy atom. The molecule has 0 aliphatic heterocycles. The first-order valence-electron chi connectivity index (χ1n) is 5.72. The largest absolute Gasteiger partial charge is 0.365 e. The number of rotatable bonds is 4. The molecule has 16 heavy (non-hydrogen) atoms. The maximum Gasteiger partial charge on any atom is 0.224 e. The lowest BCUT2D eigenvalue weighted by molar-refractivity contribution is 0.307. The molecular formula is C11H17FN4. The Labute approximate surface area is 94.7 Å². The van der Waals surface area contributed by atoms with Crippen LogP contribution in [0.1, 0.15) is 26.7 Å². The maximum atomic E-state index is 13.4. The van der Waals surface area contributed by atoms with Crippen LogP contribution in [0.5, 0.6) is 0 Å². The summed E-state index contributed by atoms with van der Waals surface area (Å²) >= 11 is 0. The molecule has 0 spiro atoms. The lowest BCUT2D eigenvalue weighted by atomic mass is 9.82. The van der Waals surface area contributed by atoms with Crippen molar-refractivity contribution < 1.29 is 4.39 Å². The van der Waals surface area contributed by atoms with Crippen molar-refractivity contribution in [2.75, 3.05) is 17.2 Å². The van der Waals surface area contributed by atoms with Crippen LogP contribution >= 0.6 is 0 Å². The molecule has 0 unspecified atom stereocenters. The fourth-order valence-corrected chi connectivity index (χ4v) is 1.93. The summed E-state index contributed by atoms with van der Waals surface area (Å²) in [6, 6.07) is 0.355. The van der Waals surface area contributed by atoms with Gasteiger partial charge in [0.05, 0.1) is 6.20 Å². The standard InChI is InChI=1S/C11H17FN4/c1-3-13-11-14-6-9(12)10(16-11)15-8-4-7(2)5-8/h6-8H,3-5H2,1-2H3,(H2,13,14,15,16). The average Bonchev–Trinajstić information content (AvgIpc) is 2.21. The number of hydrogen-bond acceptors (Lipinski definition) is 4. The van der Waals surface area contributed by atoms with Gasteiger partial charge in [-0.15, -0.1) is 0 Å². The van der Waals surface area contributed by atoms with Crippen LogP contribution in [0.2, 0.25) is 0 Å². The van der Waals surface area contributed by atoms with Crippen LogP contribution < -0.4 is 10.6 Å². The van der Waals surface area contributed by atoms with E-state index in [1.165, 1.54) is 6.20 Å². The van der Waals surface area contributed by atoms with E-state index in [2.05, 4.69) is 27.5 Å². The van der Waals surface area contributed by atoms with Crippen LogP contribution in [-0.4, -0.2) is 22.6 Å². The molecule has 1 saturated carbocycles. The molecular weight excluding hydrogens is 207 g/mol. The van der Waals surface area contributed by atoms with E-state index in [1.807, 2.05) is 6.92 Å². The SMILES string of the molecule is CCNc1ncc(F)c(NC2CC(C)C2)n1. The monoisotopic (exact) mass is 224 g/mol. The number of nitrogens with one attached hydrogen (secondary N) is 2. The smallest absolute Gasteiger partial charge is 0.224 e. The van der Waals surface area contributed by atoms with Gasteiger partial charge in [-0.2, -0.15) is 4.98 Å². The lowest BCUT2D eigenvalue weighted by Gasteiger charge is -2.33. The molecule has 1 aliphatic carbocycles. The van der Waals surface area contributed by atoms with Gasteiger partial charge in [-0.05, 0) is 25.7 Å². The minimum absolute atomic E-state index is 0.308. The second kappa shape index (κ2) is 4.63. The van der Waals surface area contributed by atoms with Gasteiger partial charge in [-0.1, -0.05) is 6.92 Å². The molecule has 5 heteroatoms. The molecule has 0 bridgehead atoms. The number of halogens is 1. The second-order valence-electron chi connectivity index (χ2n) is 4.34. The summed E-state index contributed by atoms with van der Waals surface area (Å²) in [5, 5.41) is 6.07. The third kappa shape index (κ3) is 2.40. The van der Waals surface area contributed by atoms with Crippen LogP contribution in [0.3, 0.4) is 0 Å². The summed E-state index contributed by atoms with van der Waals surface area (Å²) in [4.78, 5) is 7.96. The first-order chi connectivity index (χ1) is 7.69. The normalized spacial score (nSPS) is 23.7. The van der Waals surface area contributed by atoms with Crippen LogP contribution in [0.15, 0.2) is 6.20 Å². The van der Waals surface area contributed by atoms with Gasteiger partial charge in [0, 0.05) is 12.6 Å². The zero-order valence-electron chi connectivity index (χ0n) is 9.63. The molecule has 1 heterocycles. The summed E-state index contributed by atoms with van der Waals surface area (Å²) in [5.41, 5.74) is 0. The Bertz CT molecular complexity index is 363. The van der Waals surface area contributed by atoms with Crippen molar-refractivity contribution in [3.8, 4) is 0 Å². The maximum absolute atomic E-state index is 13.4. The van der Waals surface area contributed by atoms with Crippen LogP contribution in [0.25, 0.3) is 0 Å². The second-order valence-corrected chi connectivity index (χ2v) is 4.34. The molecule has 0 atom stereocenters. The highest BCUT2D eigenvalue weighted by Crippen LogP contribution is 2.29. The Kier molecular flexibility index (Phi) is 3.22. The van der Waals surface area contributed by atoms with Crippen molar-refractivity contribution >= 4 is 11.8 Å². The van der Waals surface area contributed by atoms with E-state index < -0.39 is 0 Å². The van der Waals surface area contributed by atoms with Crippen molar-refractivity contribution in [3.05, 3.63) is 12.0 Å². The van der Waals surface area contributed by atoms with Gasteiger partial charge >= 0.3 is 0 Å². The molecule has 1 aromatic heterocycles.